The number of carbonyl (C=O) groups is 2. The van der Waals surface area contributed by atoms with Crippen LogP contribution in [0.2, 0.25) is 0 Å². The summed E-state index contributed by atoms with van der Waals surface area (Å²) < 4.78 is 30.7. The molecule has 9 heteroatoms. The van der Waals surface area contributed by atoms with Crippen LogP contribution in [0.3, 0.4) is 0 Å². The summed E-state index contributed by atoms with van der Waals surface area (Å²) in [5.74, 6) is -1.73. The van der Waals surface area contributed by atoms with Crippen LogP contribution >= 0.6 is 0 Å². The van der Waals surface area contributed by atoms with Crippen LogP contribution < -0.4 is 14.8 Å². The predicted molar refractivity (Wildman–Crippen MR) is 77.0 cm³/mol. The zero-order chi connectivity index (χ0) is 16.0. The molecule has 0 saturated carbocycles. The number of aliphatic carboxylic acids is 1. The molecule has 0 atom stereocenters. The smallest absolute Gasteiger partial charge is 0.304 e. The molecular weight excluding hydrogens is 300 g/mol. The molecule has 1 aromatic carbocycles. The fraction of sp³-hybridized carbons (Fsp3) is 0.333. The van der Waals surface area contributed by atoms with Crippen LogP contribution in [0.25, 0.3) is 0 Å². The zero-order valence-corrected chi connectivity index (χ0v) is 12.4. The molecule has 8 nitrogen and oxygen atoms in total. The number of amides is 1. The molecule has 0 heterocycles. The maximum atomic E-state index is 11.7. The molecule has 0 aliphatic heterocycles. The minimum atomic E-state index is -3.76. The lowest BCUT2D eigenvalue weighted by Gasteiger charge is -2.12. The second kappa shape index (κ2) is 6.93. The van der Waals surface area contributed by atoms with Crippen molar-refractivity contribution >= 4 is 33.3 Å². The Morgan fingerprint density at radius 2 is 2.00 bits per heavy atom. The van der Waals surface area contributed by atoms with Crippen molar-refractivity contribution in [1.82, 2.24) is 0 Å². The van der Waals surface area contributed by atoms with Crippen molar-refractivity contribution in [3.05, 3.63) is 18.2 Å². The lowest BCUT2D eigenvalue weighted by molar-refractivity contribution is -0.136. The fourth-order valence-corrected chi connectivity index (χ4v) is 2.53. The molecule has 0 spiro atoms. The molecule has 0 saturated heterocycles. The molecular formula is C12H16N2O6S. The maximum Gasteiger partial charge on any atom is 0.304 e. The van der Waals surface area contributed by atoms with Gasteiger partial charge in [-0.25, -0.2) is 8.42 Å². The van der Waals surface area contributed by atoms with Gasteiger partial charge in [-0.05, 0) is 12.1 Å². The van der Waals surface area contributed by atoms with Crippen LogP contribution in [-0.4, -0.2) is 38.3 Å². The Morgan fingerprint density at radius 1 is 1.33 bits per heavy atom. The van der Waals surface area contributed by atoms with E-state index >= 15 is 0 Å². The third-order valence-electron chi connectivity index (χ3n) is 2.37. The lowest BCUT2D eigenvalue weighted by Crippen LogP contribution is -2.19. The lowest BCUT2D eigenvalue weighted by atomic mass is 10.2. The highest BCUT2D eigenvalue weighted by Gasteiger charge is 2.14. The number of carbonyl (C=O) groups excluding carboxylic acids is 1. The summed E-state index contributed by atoms with van der Waals surface area (Å²) in [4.78, 5) is 21.4. The van der Waals surface area contributed by atoms with Gasteiger partial charge in [0.25, 0.3) is 0 Å². The minimum Gasteiger partial charge on any atom is -0.494 e. The summed E-state index contributed by atoms with van der Waals surface area (Å²) in [6.07, 6.45) is -0.490. The molecule has 1 aromatic rings. The average molecular weight is 316 g/mol. The first-order chi connectivity index (χ1) is 9.73. The molecule has 116 valence electrons. The normalized spacial score (nSPS) is 10.8. The molecule has 0 fully saturated rings. The Bertz CT molecular complexity index is 641. The van der Waals surface area contributed by atoms with Crippen LogP contribution in [0.4, 0.5) is 11.4 Å². The Balaban J connectivity index is 2.90. The van der Waals surface area contributed by atoms with Crippen molar-refractivity contribution in [2.24, 2.45) is 0 Å². The summed E-state index contributed by atoms with van der Waals surface area (Å²) in [6, 6.07) is 4.31. The molecule has 0 aliphatic rings. The quantitative estimate of drug-likeness (QED) is 0.686. The Morgan fingerprint density at radius 3 is 2.52 bits per heavy atom. The average Bonchev–Trinajstić information content (AvgIpc) is 2.37. The highest BCUT2D eigenvalue weighted by molar-refractivity contribution is 7.92. The van der Waals surface area contributed by atoms with Gasteiger partial charge in [-0.1, -0.05) is 0 Å². The number of sulfonamides is 1. The van der Waals surface area contributed by atoms with Gasteiger partial charge < -0.3 is 15.2 Å². The molecule has 1 rings (SSSR count). The molecule has 0 aromatic heterocycles. The van der Waals surface area contributed by atoms with Gasteiger partial charge >= 0.3 is 5.97 Å². The summed E-state index contributed by atoms with van der Waals surface area (Å²) >= 11 is 0. The molecule has 0 bridgehead atoms. The van der Waals surface area contributed by atoms with Gasteiger partial charge in [0, 0.05) is 13.0 Å². The van der Waals surface area contributed by atoms with Gasteiger partial charge in [-0.2, -0.15) is 0 Å². The van der Waals surface area contributed by atoms with Crippen molar-refractivity contribution < 1.29 is 27.9 Å². The van der Waals surface area contributed by atoms with Crippen molar-refractivity contribution in [2.75, 3.05) is 22.9 Å². The first kappa shape index (κ1) is 16.8. The molecule has 21 heavy (non-hydrogen) atoms. The van der Waals surface area contributed by atoms with E-state index in [9.17, 15) is 18.0 Å². The van der Waals surface area contributed by atoms with Gasteiger partial charge in [0.05, 0.1) is 30.7 Å². The van der Waals surface area contributed by atoms with E-state index in [1.165, 1.54) is 32.2 Å². The van der Waals surface area contributed by atoms with E-state index in [1.54, 1.807) is 0 Å². The summed E-state index contributed by atoms with van der Waals surface area (Å²) in [5.41, 5.74) is 0.616. The highest BCUT2D eigenvalue weighted by atomic mass is 32.2. The first-order valence-electron chi connectivity index (χ1n) is 5.91. The van der Waals surface area contributed by atoms with E-state index < -0.39 is 28.2 Å². The van der Waals surface area contributed by atoms with Crippen LogP contribution in [0.15, 0.2) is 18.2 Å². The van der Waals surface area contributed by atoms with E-state index in [-0.39, 0.29) is 17.3 Å². The van der Waals surface area contributed by atoms with E-state index in [0.717, 1.165) is 0 Å². The van der Waals surface area contributed by atoms with Crippen LogP contribution in [0.5, 0.6) is 5.75 Å². The number of rotatable bonds is 7. The van der Waals surface area contributed by atoms with Crippen LogP contribution in [-0.2, 0) is 19.6 Å². The Hall–Kier alpha value is -2.29. The van der Waals surface area contributed by atoms with Crippen molar-refractivity contribution in [2.45, 2.75) is 13.3 Å². The van der Waals surface area contributed by atoms with E-state index in [1.807, 2.05) is 0 Å². The van der Waals surface area contributed by atoms with Gasteiger partial charge in [-0.15, -0.1) is 0 Å². The Kier molecular flexibility index (Phi) is 5.53. The van der Waals surface area contributed by atoms with E-state index in [2.05, 4.69) is 10.0 Å². The molecule has 0 unspecified atom stereocenters. The summed E-state index contributed by atoms with van der Waals surface area (Å²) in [6.45, 7) is 1.34. The van der Waals surface area contributed by atoms with E-state index in [4.69, 9.17) is 9.84 Å². The van der Waals surface area contributed by atoms with Crippen LogP contribution in [0.1, 0.15) is 13.3 Å². The molecule has 3 N–H and O–H groups in total. The minimum absolute atomic E-state index is 0.214. The van der Waals surface area contributed by atoms with Crippen molar-refractivity contribution in [3.63, 3.8) is 0 Å². The number of anilines is 2. The second-order valence-corrected chi connectivity index (χ2v) is 6.00. The van der Waals surface area contributed by atoms with Gasteiger partial charge in [-0.3, -0.25) is 14.3 Å². The molecule has 0 radical (unpaired) electrons. The molecule has 0 aliphatic carbocycles. The Labute approximate surface area is 122 Å². The standard InChI is InChI=1S/C12H16N2O6S/c1-8(15)13-10-4-3-9(7-11(10)20-2)14-21(18,19)6-5-12(16)17/h3-4,7,14H,5-6H2,1-2H3,(H,13,15)(H,16,17). The highest BCUT2D eigenvalue weighted by Crippen LogP contribution is 2.28. The number of benzene rings is 1. The van der Waals surface area contributed by atoms with Gasteiger partial charge in [0.1, 0.15) is 5.75 Å². The number of nitrogens with one attached hydrogen (secondary N) is 2. The number of ether oxygens (including phenoxy) is 1. The number of methoxy groups -OCH3 is 1. The monoisotopic (exact) mass is 316 g/mol. The van der Waals surface area contributed by atoms with Gasteiger partial charge in [0.15, 0.2) is 0 Å². The van der Waals surface area contributed by atoms with Crippen LogP contribution in [0, 0.1) is 0 Å². The zero-order valence-electron chi connectivity index (χ0n) is 11.5. The van der Waals surface area contributed by atoms with Crippen molar-refractivity contribution in [3.8, 4) is 5.75 Å². The summed E-state index contributed by atoms with van der Waals surface area (Å²) in [5, 5.41) is 11.0. The number of hydrogen-bond acceptors (Lipinski definition) is 5. The SMILES string of the molecule is COc1cc(NS(=O)(=O)CCC(=O)O)ccc1NC(C)=O. The second-order valence-electron chi connectivity index (χ2n) is 4.16. The topological polar surface area (TPSA) is 122 Å². The predicted octanol–water partition coefficient (Wildman–Crippen LogP) is 0.870. The third-order valence-corrected chi connectivity index (χ3v) is 3.66. The number of carboxylic acid groups (broad SMARTS) is 1. The summed E-state index contributed by atoms with van der Waals surface area (Å²) in [7, 11) is -2.39. The molecule has 1 amide bonds. The van der Waals surface area contributed by atoms with Gasteiger partial charge in [0.2, 0.25) is 15.9 Å². The number of carboxylic acids is 1. The fourth-order valence-electron chi connectivity index (χ4n) is 1.50. The first-order valence-corrected chi connectivity index (χ1v) is 7.56. The number of hydrogen-bond donors (Lipinski definition) is 3. The van der Waals surface area contributed by atoms with Crippen molar-refractivity contribution in [1.29, 1.82) is 0 Å². The maximum absolute atomic E-state index is 11.7. The third kappa shape index (κ3) is 5.69. The largest absolute Gasteiger partial charge is 0.494 e. The van der Waals surface area contributed by atoms with E-state index in [0.29, 0.717) is 5.69 Å².